The fourth-order valence-corrected chi connectivity index (χ4v) is 4.06. The van der Waals surface area contributed by atoms with Gasteiger partial charge in [-0.1, -0.05) is 18.2 Å². The zero-order valence-electron chi connectivity index (χ0n) is 16.2. The lowest BCUT2D eigenvalue weighted by Gasteiger charge is -2.33. The number of hydrogen-bond acceptors (Lipinski definition) is 5. The molecule has 1 heterocycles. The highest BCUT2D eigenvalue weighted by molar-refractivity contribution is 7.99. The molecule has 2 aromatic carbocycles. The third-order valence-electron chi connectivity index (χ3n) is 4.82. The molecule has 0 bridgehead atoms. The molecular weight excluding hydrogens is 388 g/mol. The summed E-state index contributed by atoms with van der Waals surface area (Å²) in [5, 5.41) is 13.8. The normalized spacial score (nSPS) is 14.4. The van der Waals surface area contributed by atoms with Gasteiger partial charge in [-0.3, -0.25) is 14.9 Å². The molecule has 1 aliphatic heterocycles. The van der Waals surface area contributed by atoms with Gasteiger partial charge in [-0.25, -0.2) is 0 Å². The molecule has 0 aliphatic carbocycles. The number of amides is 1. The number of nitrogens with one attached hydrogen (secondary N) is 2. The SMILES string of the molecule is C=CCSc1ccccc1NC(=O)C[NH+]1CCN(c2ccc([N+](=O)[O-])cc2)CC1. The predicted molar refractivity (Wildman–Crippen MR) is 117 cm³/mol. The van der Waals surface area contributed by atoms with Gasteiger partial charge in [0.15, 0.2) is 6.54 Å². The second-order valence-electron chi connectivity index (χ2n) is 6.83. The van der Waals surface area contributed by atoms with E-state index in [1.165, 1.54) is 17.0 Å². The van der Waals surface area contributed by atoms with Crippen LogP contribution in [0.25, 0.3) is 0 Å². The van der Waals surface area contributed by atoms with Crippen molar-refractivity contribution in [3.05, 3.63) is 71.3 Å². The lowest BCUT2D eigenvalue weighted by atomic mass is 10.2. The molecular formula is C21H25N4O3S+. The summed E-state index contributed by atoms with van der Waals surface area (Å²) >= 11 is 1.65. The minimum atomic E-state index is -0.390. The number of nitro groups is 1. The van der Waals surface area contributed by atoms with E-state index in [1.807, 2.05) is 30.3 Å². The summed E-state index contributed by atoms with van der Waals surface area (Å²) in [6.07, 6.45) is 1.85. The number of benzene rings is 2. The molecule has 2 N–H and O–H groups in total. The van der Waals surface area contributed by atoms with E-state index in [0.717, 1.165) is 48.2 Å². The number of non-ortho nitro benzene ring substituents is 1. The molecule has 0 aromatic heterocycles. The molecule has 0 saturated carbocycles. The zero-order chi connectivity index (χ0) is 20.6. The number of quaternary nitrogens is 1. The maximum atomic E-state index is 12.5. The number of anilines is 2. The Labute approximate surface area is 174 Å². The standard InChI is InChI=1S/C21H24N4O3S/c1-2-15-29-20-6-4-3-5-19(20)22-21(26)16-23-11-13-24(14-12-23)17-7-9-18(10-8-17)25(27)28/h2-10H,1,11-16H2,(H,22,26)/p+1. The number of nitrogens with zero attached hydrogens (tertiary/aromatic N) is 2. The Hall–Kier alpha value is -2.84. The number of carbonyl (C=O) groups is 1. The second kappa shape index (κ2) is 10.1. The van der Waals surface area contributed by atoms with Crippen LogP contribution < -0.4 is 15.1 Å². The summed E-state index contributed by atoms with van der Waals surface area (Å²) in [6.45, 7) is 7.48. The molecule has 1 amide bonds. The van der Waals surface area contributed by atoms with E-state index in [-0.39, 0.29) is 11.6 Å². The van der Waals surface area contributed by atoms with Crippen molar-refractivity contribution < 1.29 is 14.6 Å². The van der Waals surface area contributed by atoms with Gasteiger partial charge in [0.25, 0.3) is 11.6 Å². The van der Waals surface area contributed by atoms with Gasteiger partial charge < -0.3 is 15.1 Å². The molecule has 1 fully saturated rings. The first kappa shape index (κ1) is 20.9. The van der Waals surface area contributed by atoms with Crippen LogP contribution >= 0.6 is 11.8 Å². The molecule has 152 valence electrons. The summed E-state index contributed by atoms with van der Waals surface area (Å²) in [6, 6.07) is 14.4. The van der Waals surface area contributed by atoms with Crippen molar-refractivity contribution in [3.8, 4) is 0 Å². The average Bonchev–Trinajstić information content (AvgIpc) is 2.73. The monoisotopic (exact) mass is 413 g/mol. The molecule has 1 saturated heterocycles. The van der Waals surface area contributed by atoms with E-state index in [0.29, 0.717) is 6.54 Å². The number of carbonyl (C=O) groups excluding carboxylic acids is 1. The minimum Gasteiger partial charge on any atom is -0.360 e. The van der Waals surface area contributed by atoms with Gasteiger partial charge in [-0.2, -0.15) is 0 Å². The molecule has 3 rings (SSSR count). The van der Waals surface area contributed by atoms with Gasteiger partial charge in [-0.15, -0.1) is 18.3 Å². The Morgan fingerprint density at radius 2 is 1.90 bits per heavy atom. The van der Waals surface area contributed by atoms with E-state index < -0.39 is 4.92 Å². The van der Waals surface area contributed by atoms with Crippen molar-refractivity contribution in [1.29, 1.82) is 0 Å². The largest absolute Gasteiger partial charge is 0.360 e. The number of para-hydroxylation sites is 1. The highest BCUT2D eigenvalue weighted by atomic mass is 32.2. The van der Waals surface area contributed by atoms with E-state index >= 15 is 0 Å². The maximum Gasteiger partial charge on any atom is 0.279 e. The van der Waals surface area contributed by atoms with E-state index in [2.05, 4.69) is 16.8 Å². The average molecular weight is 414 g/mol. The molecule has 2 aromatic rings. The van der Waals surface area contributed by atoms with Crippen LogP contribution in [0.3, 0.4) is 0 Å². The third-order valence-corrected chi connectivity index (χ3v) is 5.89. The van der Waals surface area contributed by atoms with Crippen LogP contribution in [-0.4, -0.2) is 49.3 Å². The van der Waals surface area contributed by atoms with Crippen LogP contribution in [0.4, 0.5) is 17.1 Å². The van der Waals surface area contributed by atoms with Crippen LogP contribution in [0.5, 0.6) is 0 Å². The quantitative estimate of drug-likeness (QED) is 0.300. The Morgan fingerprint density at radius 3 is 2.55 bits per heavy atom. The van der Waals surface area contributed by atoms with Crippen LogP contribution in [-0.2, 0) is 4.79 Å². The number of nitro benzene ring substituents is 1. The van der Waals surface area contributed by atoms with Crippen LogP contribution in [0.15, 0.2) is 66.1 Å². The molecule has 8 heteroatoms. The fourth-order valence-electron chi connectivity index (χ4n) is 3.31. The maximum absolute atomic E-state index is 12.5. The predicted octanol–water partition coefficient (Wildman–Crippen LogP) is 2.22. The Bertz CT molecular complexity index is 864. The summed E-state index contributed by atoms with van der Waals surface area (Å²) in [4.78, 5) is 27.4. The van der Waals surface area contributed by atoms with Crippen LogP contribution in [0.2, 0.25) is 0 Å². The lowest BCUT2D eigenvalue weighted by Crippen LogP contribution is -3.15. The van der Waals surface area contributed by atoms with Crippen LogP contribution in [0, 0.1) is 10.1 Å². The summed E-state index contributed by atoms with van der Waals surface area (Å²) < 4.78 is 0. The minimum absolute atomic E-state index is 0.00967. The van der Waals surface area contributed by atoms with E-state index in [4.69, 9.17) is 0 Å². The topological polar surface area (TPSA) is 79.9 Å². The lowest BCUT2D eigenvalue weighted by molar-refractivity contribution is -0.892. The highest BCUT2D eigenvalue weighted by Crippen LogP contribution is 2.26. The Balaban J connectivity index is 1.50. The highest BCUT2D eigenvalue weighted by Gasteiger charge is 2.23. The molecule has 1 aliphatic rings. The van der Waals surface area contributed by atoms with Gasteiger partial charge in [-0.05, 0) is 24.3 Å². The van der Waals surface area contributed by atoms with Crippen molar-refractivity contribution in [1.82, 2.24) is 0 Å². The van der Waals surface area contributed by atoms with Gasteiger partial charge >= 0.3 is 0 Å². The van der Waals surface area contributed by atoms with E-state index in [9.17, 15) is 14.9 Å². The van der Waals surface area contributed by atoms with E-state index in [1.54, 1.807) is 23.9 Å². The number of thioether (sulfide) groups is 1. The van der Waals surface area contributed by atoms with Crippen molar-refractivity contribution in [3.63, 3.8) is 0 Å². The fraction of sp³-hybridized carbons (Fsp3) is 0.286. The van der Waals surface area contributed by atoms with Crippen molar-refractivity contribution in [2.24, 2.45) is 0 Å². The van der Waals surface area contributed by atoms with Gasteiger partial charge in [0.05, 0.1) is 36.8 Å². The first-order valence-corrected chi connectivity index (χ1v) is 10.5. The number of rotatable bonds is 8. The van der Waals surface area contributed by atoms with Gasteiger partial charge in [0.2, 0.25) is 0 Å². The second-order valence-corrected chi connectivity index (χ2v) is 7.89. The van der Waals surface area contributed by atoms with Crippen molar-refractivity contribution in [2.45, 2.75) is 4.90 Å². The van der Waals surface area contributed by atoms with Crippen molar-refractivity contribution >= 4 is 34.7 Å². The Morgan fingerprint density at radius 1 is 1.21 bits per heavy atom. The molecule has 29 heavy (non-hydrogen) atoms. The first-order chi connectivity index (χ1) is 14.1. The van der Waals surface area contributed by atoms with Gasteiger partial charge in [0, 0.05) is 28.5 Å². The summed E-state index contributed by atoms with van der Waals surface area (Å²) in [5.41, 5.74) is 1.92. The smallest absolute Gasteiger partial charge is 0.279 e. The first-order valence-electron chi connectivity index (χ1n) is 9.52. The molecule has 0 unspecified atom stereocenters. The number of piperazine rings is 1. The summed E-state index contributed by atoms with van der Waals surface area (Å²) in [5.74, 6) is 0.804. The molecule has 0 radical (unpaired) electrons. The molecule has 0 spiro atoms. The van der Waals surface area contributed by atoms with Crippen molar-refractivity contribution in [2.75, 3.05) is 48.7 Å². The zero-order valence-corrected chi connectivity index (χ0v) is 17.0. The third kappa shape index (κ3) is 5.82. The van der Waals surface area contributed by atoms with Crippen LogP contribution in [0.1, 0.15) is 0 Å². The van der Waals surface area contributed by atoms with Gasteiger partial charge in [0.1, 0.15) is 0 Å². The molecule has 0 atom stereocenters. The Kier molecular flexibility index (Phi) is 7.26. The number of hydrogen-bond donors (Lipinski definition) is 2. The summed E-state index contributed by atoms with van der Waals surface area (Å²) in [7, 11) is 0. The molecule has 7 nitrogen and oxygen atoms in total.